The molecule has 1 heterocycles. The highest BCUT2D eigenvalue weighted by atomic mass is 16.2. The zero-order valence-electron chi connectivity index (χ0n) is 9.10. The lowest BCUT2D eigenvalue weighted by atomic mass is 10.3. The van der Waals surface area contributed by atoms with E-state index in [2.05, 4.69) is 10.3 Å². The molecule has 1 aromatic carbocycles. The summed E-state index contributed by atoms with van der Waals surface area (Å²) in [6.45, 7) is 2.63. The average molecular weight is 218 g/mol. The van der Waals surface area contributed by atoms with Crippen molar-refractivity contribution in [1.29, 1.82) is 0 Å². The molecule has 1 amide bonds. The highest BCUT2D eigenvalue weighted by Crippen LogP contribution is 2.16. The van der Waals surface area contributed by atoms with Crippen LogP contribution in [0.3, 0.4) is 0 Å². The zero-order valence-corrected chi connectivity index (χ0v) is 9.10. The van der Waals surface area contributed by atoms with E-state index in [1.54, 1.807) is 0 Å². The standard InChI is InChI=1S/C11H14N4O/c1-2-7-13-11(16)15-9-6-4-3-5-8(9)14-10(15)12/h3-6H,2,7H2,1H3,(H2,12,14)(H,13,16). The first-order valence-electron chi connectivity index (χ1n) is 5.25. The number of hydrogen-bond acceptors (Lipinski definition) is 3. The van der Waals surface area contributed by atoms with Gasteiger partial charge in [-0.3, -0.25) is 0 Å². The van der Waals surface area contributed by atoms with Gasteiger partial charge < -0.3 is 11.1 Å². The van der Waals surface area contributed by atoms with E-state index in [1.807, 2.05) is 31.2 Å². The van der Waals surface area contributed by atoms with Crippen LogP contribution >= 0.6 is 0 Å². The third-order valence-electron chi connectivity index (χ3n) is 2.32. The van der Waals surface area contributed by atoms with Crippen molar-refractivity contribution in [2.75, 3.05) is 12.3 Å². The summed E-state index contributed by atoms with van der Waals surface area (Å²) < 4.78 is 1.39. The van der Waals surface area contributed by atoms with Gasteiger partial charge in [0.15, 0.2) is 0 Å². The van der Waals surface area contributed by atoms with Crippen molar-refractivity contribution < 1.29 is 4.79 Å². The van der Waals surface area contributed by atoms with Crippen molar-refractivity contribution >= 4 is 23.0 Å². The predicted molar refractivity (Wildman–Crippen MR) is 63.2 cm³/mol. The van der Waals surface area contributed by atoms with Crippen LogP contribution in [0.25, 0.3) is 11.0 Å². The number of imidazole rings is 1. The molecule has 0 aliphatic heterocycles. The van der Waals surface area contributed by atoms with Crippen LogP contribution < -0.4 is 11.1 Å². The summed E-state index contributed by atoms with van der Waals surface area (Å²) in [7, 11) is 0. The van der Waals surface area contributed by atoms with E-state index in [0.717, 1.165) is 17.5 Å². The molecule has 84 valence electrons. The Morgan fingerprint density at radius 2 is 2.25 bits per heavy atom. The summed E-state index contributed by atoms with van der Waals surface area (Å²) in [6.07, 6.45) is 0.887. The van der Waals surface area contributed by atoms with E-state index in [0.29, 0.717) is 6.54 Å². The van der Waals surface area contributed by atoms with Crippen LogP contribution in [0.1, 0.15) is 13.3 Å². The highest BCUT2D eigenvalue weighted by molar-refractivity contribution is 5.92. The topological polar surface area (TPSA) is 72.9 Å². The van der Waals surface area contributed by atoms with Gasteiger partial charge in [-0.05, 0) is 18.6 Å². The zero-order chi connectivity index (χ0) is 11.5. The molecule has 0 radical (unpaired) electrons. The van der Waals surface area contributed by atoms with E-state index < -0.39 is 0 Å². The maximum Gasteiger partial charge on any atom is 0.328 e. The molecule has 16 heavy (non-hydrogen) atoms. The summed E-state index contributed by atoms with van der Waals surface area (Å²) in [6, 6.07) is 7.14. The molecule has 0 atom stereocenters. The summed E-state index contributed by atoms with van der Waals surface area (Å²) in [5.74, 6) is 0.217. The summed E-state index contributed by atoms with van der Waals surface area (Å²) in [4.78, 5) is 16.0. The number of para-hydroxylation sites is 2. The van der Waals surface area contributed by atoms with E-state index in [-0.39, 0.29) is 12.0 Å². The Balaban J connectivity index is 2.43. The molecule has 5 heteroatoms. The highest BCUT2D eigenvalue weighted by Gasteiger charge is 2.13. The molecule has 2 aromatic rings. The van der Waals surface area contributed by atoms with Crippen molar-refractivity contribution in [3.8, 4) is 0 Å². The minimum absolute atomic E-state index is 0.217. The SMILES string of the molecule is CCCNC(=O)n1c(N)nc2ccccc21. The molecule has 0 bridgehead atoms. The number of hydrogen-bond donors (Lipinski definition) is 2. The van der Waals surface area contributed by atoms with Crippen molar-refractivity contribution in [2.45, 2.75) is 13.3 Å². The third kappa shape index (κ3) is 1.71. The molecule has 0 saturated carbocycles. The molecule has 1 aromatic heterocycles. The maximum absolute atomic E-state index is 11.8. The first-order chi connectivity index (χ1) is 7.74. The fraction of sp³-hybridized carbons (Fsp3) is 0.273. The van der Waals surface area contributed by atoms with E-state index in [4.69, 9.17) is 5.73 Å². The largest absolute Gasteiger partial charge is 0.369 e. The Labute approximate surface area is 93.3 Å². The van der Waals surface area contributed by atoms with Gasteiger partial charge in [0.05, 0.1) is 11.0 Å². The van der Waals surface area contributed by atoms with Gasteiger partial charge >= 0.3 is 6.03 Å². The second-order valence-corrected chi connectivity index (χ2v) is 3.53. The first-order valence-corrected chi connectivity index (χ1v) is 5.25. The second-order valence-electron chi connectivity index (χ2n) is 3.53. The van der Waals surface area contributed by atoms with Gasteiger partial charge in [0.2, 0.25) is 5.95 Å². The van der Waals surface area contributed by atoms with Crippen LogP contribution in [0.2, 0.25) is 0 Å². The number of anilines is 1. The van der Waals surface area contributed by atoms with Gasteiger partial charge in [0.25, 0.3) is 0 Å². The average Bonchev–Trinajstić information content (AvgIpc) is 2.62. The van der Waals surface area contributed by atoms with Gasteiger partial charge in [0.1, 0.15) is 0 Å². The number of nitrogens with zero attached hydrogens (tertiary/aromatic N) is 2. The lowest BCUT2D eigenvalue weighted by Crippen LogP contribution is -2.29. The van der Waals surface area contributed by atoms with E-state index in [9.17, 15) is 4.79 Å². The molecule has 0 fully saturated rings. The van der Waals surface area contributed by atoms with Gasteiger partial charge in [0, 0.05) is 6.54 Å². The van der Waals surface area contributed by atoms with Crippen LogP contribution in [0, 0.1) is 0 Å². The molecule has 0 spiro atoms. The third-order valence-corrected chi connectivity index (χ3v) is 2.32. The quantitative estimate of drug-likeness (QED) is 0.803. The van der Waals surface area contributed by atoms with E-state index in [1.165, 1.54) is 4.57 Å². The number of nitrogen functional groups attached to an aromatic ring is 1. The Bertz CT molecular complexity index is 518. The fourth-order valence-corrected chi connectivity index (χ4v) is 1.57. The predicted octanol–water partition coefficient (Wildman–Crippen LogP) is 1.59. The molecule has 0 aliphatic carbocycles. The van der Waals surface area contributed by atoms with E-state index >= 15 is 0 Å². The summed E-state index contributed by atoms with van der Waals surface area (Å²) >= 11 is 0. The number of fused-ring (bicyclic) bond motifs is 1. The number of benzene rings is 1. The van der Waals surface area contributed by atoms with Gasteiger partial charge in [-0.25, -0.2) is 14.3 Å². The van der Waals surface area contributed by atoms with Crippen molar-refractivity contribution in [3.05, 3.63) is 24.3 Å². The number of aromatic nitrogens is 2. The van der Waals surface area contributed by atoms with Crippen molar-refractivity contribution in [3.63, 3.8) is 0 Å². The monoisotopic (exact) mass is 218 g/mol. The molecule has 0 saturated heterocycles. The van der Waals surface area contributed by atoms with Gasteiger partial charge in [-0.2, -0.15) is 0 Å². The maximum atomic E-state index is 11.8. The Hall–Kier alpha value is -2.04. The van der Waals surface area contributed by atoms with Crippen LogP contribution in [0.15, 0.2) is 24.3 Å². The second kappa shape index (κ2) is 4.22. The Morgan fingerprint density at radius 1 is 1.50 bits per heavy atom. The van der Waals surface area contributed by atoms with Gasteiger partial charge in [-0.1, -0.05) is 19.1 Å². The van der Waals surface area contributed by atoms with Gasteiger partial charge in [-0.15, -0.1) is 0 Å². The molecular formula is C11H14N4O. The molecule has 3 N–H and O–H groups in total. The minimum atomic E-state index is -0.229. The molecule has 5 nitrogen and oxygen atoms in total. The van der Waals surface area contributed by atoms with Crippen LogP contribution in [-0.4, -0.2) is 22.1 Å². The van der Waals surface area contributed by atoms with Crippen LogP contribution in [0.4, 0.5) is 10.7 Å². The van der Waals surface area contributed by atoms with Crippen LogP contribution in [-0.2, 0) is 0 Å². The lowest BCUT2D eigenvalue weighted by Gasteiger charge is -2.06. The number of carbonyl (C=O) groups excluding carboxylic acids is 1. The number of nitrogens with two attached hydrogens (primary N) is 1. The lowest BCUT2D eigenvalue weighted by molar-refractivity contribution is 0.243. The molecule has 2 rings (SSSR count). The summed E-state index contributed by atoms with van der Waals surface area (Å²) in [5.41, 5.74) is 7.18. The van der Waals surface area contributed by atoms with Crippen molar-refractivity contribution in [1.82, 2.24) is 14.9 Å². The number of carbonyl (C=O) groups is 1. The van der Waals surface area contributed by atoms with Crippen molar-refractivity contribution in [2.24, 2.45) is 0 Å². The Morgan fingerprint density at radius 3 is 3.00 bits per heavy atom. The number of rotatable bonds is 2. The minimum Gasteiger partial charge on any atom is -0.369 e. The molecular weight excluding hydrogens is 204 g/mol. The van der Waals surface area contributed by atoms with Crippen LogP contribution in [0.5, 0.6) is 0 Å². The molecule has 0 aliphatic rings. The Kier molecular flexibility index (Phi) is 2.76. The fourth-order valence-electron chi connectivity index (χ4n) is 1.57. The molecule has 0 unspecified atom stereocenters. The normalized spacial score (nSPS) is 10.6. The summed E-state index contributed by atoms with van der Waals surface area (Å²) in [5, 5.41) is 2.77. The first kappa shape index (κ1) is 10.5. The smallest absolute Gasteiger partial charge is 0.328 e. The number of amides is 1. The number of nitrogens with one attached hydrogen (secondary N) is 1.